The monoisotopic (exact) mass is 267 g/mol. The summed E-state index contributed by atoms with van der Waals surface area (Å²) in [5.41, 5.74) is 5.45. The number of nitrogens with two attached hydrogens (primary N) is 1. The standard InChI is InChI=1S/C12H15F2N5/c1-3-7(4-2)19-12(16-17-18-19)8-5-11(15)10(14)6-9(8)13/h5-7H,3-4,15H2,1-2H3. The minimum Gasteiger partial charge on any atom is -0.396 e. The van der Waals surface area contributed by atoms with E-state index in [1.54, 1.807) is 4.68 Å². The van der Waals surface area contributed by atoms with Gasteiger partial charge < -0.3 is 5.73 Å². The number of hydrogen-bond acceptors (Lipinski definition) is 4. The van der Waals surface area contributed by atoms with E-state index in [0.717, 1.165) is 18.9 Å². The molecule has 0 radical (unpaired) electrons. The summed E-state index contributed by atoms with van der Waals surface area (Å²) in [4.78, 5) is 0. The maximum absolute atomic E-state index is 13.8. The van der Waals surface area contributed by atoms with Gasteiger partial charge >= 0.3 is 0 Å². The number of tetrazole rings is 1. The lowest BCUT2D eigenvalue weighted by Crippen LogP contribution is -2.11. The summed E-state index contributed by atoms with van der Waals surface area (Å²) in [6.07, 6.45) is 1.62. The topological polar surface area (TPSA) is 69.6 Å². The zero-order valence-electron chi connectivity index (χ0n) is 10.8. The van der Waals surface area contributed by atoms with Crippen molar-refractivity contribution in [2.75, 3.05) is 5.73 Å². The molecule has 0 bridgehead atoms. The van der Waals surface area contributed by atoms with Crippen molar-refractivity contribution >= 4 is 5.69 Å². The van der Waals surface area contributed by atoms with Crippen LogP contribution in [-0.4, -0.2) is 20.2 Å². The second kappa shape index (κ2) is 5.29. The minimum absolute atomic E-state index is 0.0654. The van der Waals surface area contributed by atoms with Crippen LogP contribution in [0, 0.1) is 11.6 Å². The molecular formula is C12H15F2N5. The van der Waals surface area contributed by atoms with Crippen LogP contribution >= 0.6 is 0 Å². The van der Waals surface area contributed by atoms with Gasteiger partial charge in [-0.2, -0.15) is 0 Å². The molecule has 0 amide bonds. The van der Waals surface area contributed by atoms with Gasteiger partial charge in [-0.05, 0) is 29.3 Å². The van der Waals surface area contributed by atoms with Gasteiger partial charge in [-0.25, -0.2) is 13.5 Å². The van der Waals surface area contributed by atoms with Gasteiger partial charge in [-0.3, -0.25) is 0 Å². The lowest BCUT2D eigenvalue weighted by molar-refractivity contribution is 0.421. The van der Waals surface area contributed by atoms with Crippen LogP contribution in [0.1, 0.15) is 32.7 Å². The third kappa shape index (κ3) is 2.40. The van der Waals surface area contributed by atoms with Crippen LogP contribution in [0.4, 0.5) is 14.5 Å². The Morgan fingerprint density at radius 3 is 2.53 bits per heavy atom. The predicted octanol–water partition coefficient (Wildman–Crippen LogP) is 2.56. The maximum Gasteiger partial charge on any atom is 0.185 e. The second-order valence-electron chi connectivity index (χ2n) is 4.27. The molecule has 102 valence electrons. The van der Waals surface area contributed by atoms with E-state index in [1.807, 2.05) is 13.8 Å². The van der Waals surface area contributed by atoms with Crippen molar-refractivity contribution in [3.05, 3.63) is 23.8 Å². The third-order valence-corrected chi connectivity index (χ3v) is 3.11. The first-order valence-electron chi connectivity index (χ1n) is 6.11. The van der Waals surface area contributed by atoms with Gasteiger partial charge in [-0.15, -0.1) is 5.10 Å². The highest BCUT2D eigenvalue weighted by Gasteiger charge is 2.19. The Hall–Kier alpha value is -2.05. The lowest BCUT2D eigenvalue weighted by atomic mass is 10.1. The van der Waals surface area contributed by atoms with E-state index in [4.69, 9.17) is 5.73 Å². The number of halogens is 2. The molecule has 1 aromatic carbocycles. The van der Waals surface area contributed by atoms with Crippen LogP contribution in [0.3, 0.4) is 0 Å². The first-order chi connectivity index (χ1) is 9.08. The van der Waals surface area contributed by atoms with Gasteiger partial charge in [0.2, 0.25) is 0 Å². The van der Waals surface area contributed by atoms with E-state index >= 15 is 0 Å². The summed E-state index contributed by atoms with van der Waals surface area (Å²) in [5.74, 6) is -1.26. The lowest BCUT2D eigenvalue weighted by Gasteiger charge is -2.14. The molecule has 2 rings (SSSR count). The van der Waals surface area contributed by atoms with E-state index in [0.29, 0.717) is 0 Å². The number of nitrogen functional groups attached to an aromatic ring is 1. The Balaban J connectivity index is 2.54. The molecule has 1 heterocycles. The molecule has 1 aromatic heterocycles. The van der Waals surface area contributed by atoms with Crippen LogP contribution in [0.5, 0.6) is 0 Å². The molecule has 0 aliphatic rings. The Morgan fingerprint density at radius 1 is 1.21 bits per heavy atom. The summed E-state index contributed by atoms with van der Waals surface area (Å²) < 4.78 is 28.6. The molecule has 2 N–H and O–H groups in total. The second-order valence-corrected chi connectivity index (χ2v) is 4.27. The Kier molecular flexibility index (Phi) is 3.73. The van der Waals surface area contributed by atoms with Crippen LogP contribution < -0.4 is 5.73 Å². The number of benzene rings is 1. The van der Waals surface area contributed by atoms with Crippen molar-refractivity contribution in [2.45, 2.75) is 32.7 Å². The van der Waals surface area contributed by atoms with Crippen LogP contribution in [-0.2, 0) is 0 Å². The molecule has 0 saturated heterocycles. The highest BCUT2D eigenvalue weighted by molar-refractivity contribution is 5.62. The number of hydrogen-bond donors (Lipinski definition) is 1. The fourth-order valence-corrected chi connectivity index (χ4v) is 1.99. The first kappa shape index (κ1) is 13.4. The quantitative estimate of drug-likeness (QED) is 0.864. The average Bonchev–Trinajstić information content (AvgIpc) is 2.84. The molecule has 0 aliphatic carbocycles. The van der Waals surface area contributed by atoms with Gasteiger partial charge in [-0.1, -0.05) is 13.8 Å². The van der Waals surface area contributed by atoms with Gasteiger partial charge in [0.25, 0.3) is 0 Å². The van der Waals surface area contributed by atoms with E-state index in [-0.39, 0.29) is 23.1 Å². The van der Waals surface area contributed by atoms with E-state index < -0.39 is 11.6 Å². The fourth-order valence-electron chi connectivity index (χ4n) is 1.99. The molecule has 0 atom stereocenters. The molecular weight excluding hydrogens is 252 g/mol. The van der Waals surface area contributed by atoms with Crippen LogP contribution in [0.15, 0.2) is 12.1 Å². The summed E-state index contributed by atoms with van der Waals surface area (Å²) >= 11 is 0. The molecule has 0 fully saturated rings. The molecule has 0 saturated carbocycles. The highest BCUT2D eigenvalue weighted by Crippen LogP contribution is 2.27. The van der Waals surface area contributed by atoms with Crippen molar-refractivity contribution in [1.82, 2.24) is 20.2 Å². The van der Waals surface area contributed by atoms with Gasteiger partial charge in [0.1, 0.15) is 11.6 Å². The SMILES string of the molecule is CCC(CC)n1nnnc1-c1cc(N)c(F)cc1F. The average molecular weight is 267 g/mol. The fraction of sp³-hybridized carbons (Fsp3) is 0.417. The van der Waals surface area contributed by atoms with Crippen LogP contribution in [0.25, 0.3) is 11.4 Å². The molecule has 7 heteroatoms. The van der Waals surface area contributed by atoms with Crippen LogP contribution in [0.2, 0.25) is 0 Å². The van der Waals surface area contributed by atoms with Crippen molar-refractivity contribution in [1.29, 1.82) is 0 Å². The van der Waals surface area contributed by atoms with Crippen molar-refractivity contribution in [2.24, 2.45) is 0 Å². The normalized spacial score (nSPS) is 11.2. The molecule has 0 aliphatic heterocycles. The largest absolute Gasteiger partial charge is 0.396 e. The number of rotatable bonds is 4. The summed E-state index contributed by atoms with van der Waals surface area (Å²) in [7, 11) is 0. The Labute approximate surface area is 109 Å². The number of aromatic nitrogens is 4. The van der Waals surface area contributed by atoms with Gasteiger partial charge in [0.05, 0.1) is 17.3 Å². The first-order valence-corrected chi connectivity index (χ1v) is 6.11. The molecule has 19 heavy (non-hydrogen) atoms. The van der Waals surface area contributed by atoms with Crippen molar-refractivity contribution in [3.63, 3.8) is 0 Å². The Bertz CT molecular complexity index is 577. The summed E-state index contributed by atoms with van der Waals surface area (Å²) in [6, 6.07) is 2.03. The van der Waals surface area contributed by atoms with E-state index in [2.05, 4.69) is 15.5 Å². The third-order valence-electron chi connectivity index (χ3n) is 3.11. The zero-order valence-corrected chi connectivity index (χ0v) is 10.8. The van der Waals surface area contributed by atoms with Gasteiger partial charge in [0, 0.05) is 6.07 Å². The molecule has 5 nitrogen and oxygen atoms in total. The summed E-state index contributed by atoms with van der Waals surface area (Å²) in [5, 5.41) is 11.3. The zero-order chi connectivity index (χ0) is 14.0. The molecule has 0 spiro atoms. The molecule has 2 aromatic rings. The van der Waals surface area contributed by atoms with E-state index in [9.17, 15) is 8.78 Å². The molecule has 0 unspecified atom stereocenters. The van der Waals surface area contributed by atoms with Gasteiger partial charge in [0.15, 0.2) is 5.82 Å². The number of nitrogens with zero attached hydrogens (tertiary/aromatic N) is 4. The van der Waals surface area contributed by atoms with E-state index in [1.165, 1.54) is 6.07 Å². The Morgan fingerprint density at radius 2 is 1.89 bits per heavy atom. The smallest absolute Gasteiger partial charge is 0.185 e. The predicted molar refractivity (Wildman–Crippen MR) is 67.2 cm³/mol. The van der Waals surface area contributed by atoms with Crippen molar-refractivity contribution < 1.29 is 8.78 Å². The summed E-state index contributed by atoms with van der Waals surface area (Å²) in [6.45, 7) is 3.99. The van der Waals surface area contributed by atoms with Crippen molar-refractivity contribution in [3.8, 4) is 11.4 Å². The minimum atomic E-state index is -0.789. The highest BCUT2D eigenvalue weighted by atomic mass is 19.1. The number of anilines is 1. The maximum atomic E-state index is 13.8.